The number of hydrogen-bond donors (Lipinski definition) is 4. The highest BCUT2D eigenvalue weighted by Crippen LogP contribution is 2.41. The summed E-state index contributed by atoms with van der Waals surface area (Å²) in [7, 11) is 0. The topological polar surface area (TPSA) is 214 Å². The molecule has 1 fully saturated rings. The summed E-state index contributed by atoms with van der Waals surface area (Å²) in [4.78, 5) is 59.1. The third-order valence-electron chi connectivity index (χ3n) is 5.17. The normalized spacial score (nSPS) is 18.6. The second-order valence-corrected chi connectivity index (χ2v) is 10.4. The van der Waals surface area contributed by atoms with Gasteiger partial charge in [-0.15, -0.1) is 34.6 Å². The van der Waals surface area contributed by atoms with Crippen molar-refractivity contribution in [3.8, 4) is 12.3 Å². The van der Waals surface area contributed by atoms with Gasteiger partial charge < -0.3 is 25.7 Å². The zero-order chi connectivity index (χ0) is 27.9. The minimum absolute atomic E-state index is 0.0766. The third kappa shape index (κ3) is 6.03. The number of fused-ring (bicyclic) bond motifs is 1. The molecule has 4 N–H and O–H groups in total. The molecule has 4 rings (SSSR count). The maximum Gasteiger partial charge on any atom is 0.352 e. The minimum atomic E-state index is -1.29. The highest BCUT2D eigenvalue weighted by molar-refractivity contribution is 8.01. The Hall–Kier alpha value is -3.99. The number of thioether (sulfide) groups is 2. The lowest BCUT2D eigenvalue weighted by Gasteiger charge is -2.49. The van der Waals surface area contributed by atoms with Gasteiger partial charge in [-0.1, -0.05) is 22.8 Å². The van der Waals surface area contributed by atoms with Gasteiger partial charge >= 0.3 is 5.97 Å². The van der Waals surface area contributed by atoms with E-state index < -0.39 is 29.2 Å². The summed E-state index contributed by atoms with van der Waals surface area (Å²) in [6.07, 6.45) is 5.58. The molecule has 19 heteroatoms. The van der Waals surface area contributed by atoms with Gasteiger partial charge in [0.25, 0.3) is 11.8 Å². The van der Waals surface area contributed by atoms with Crippen molar-refractivity contribution in [2.24, 2.45) is 5.16 Å². The third-order valence-corrected chi connectivity index (χ3v) is 8.33. The fourth-order valence-electron chi connectivity index (χ4n) is 3.53. The number of carboxylic acid groups (broad SMARTS) is 1. The molecule has 0 saturated carbocycles. The van der Waals surface area contributed by atoms with Crippen LogP contribution in [0.1, 0.15) is 5.69 Å². The molecule has 0 radical (unpaired) electrons. The van der Waals surface area contributed by atoms with E-state index in [4.69, 9.17) is 16.4 Å². The number of aliphatic hydroxyl groups is 1. The summed E-state index contributed by atoms with van der Waals surface area (Å²) in [6.45, 7) is -0.219. The van der Waals surface area contributed by atoms with Crippen LogP contribution in [0.2, 0.25) is 0 Å². The first kappa shape index (κ1) is 28.0. The van der Waals surface area contributed by atoms with E-state index >= 15 is 0 Å². The number of aromatic nitrogens is 5. The first-order valence-corrected chi connectivity index (χ1v) is 13.8. The first-order valence-electron chi connectivity index (χ1n) is 10.9. The van der Waals surface area contributed by atoms with Crippen LogP contribution in [0.4, 0.5) is 5.13 Å². The number of hydrogen-bond acceptors (Lipinski definition) is 14. The Morgan fingerprint density at radius 2 is 2.26 bits per heavy atom. The monoisotopic (exact) mass is 593 g/mol. The van der Waals surface area contributed by atoms with Crippen LogP contribution in [-0.2, 0) is 30.6 Å². The van der Waals surface area contributed by atoms with Crippen molar-refractivity contribution in [2.75, 3.05) is 30.0 Å². The summed E-state index contributed by atoms with van der Waals surface area (Å²) >= 11 is 3.50. The fourth-order valence-corrected chi connectivity index (χ4v) is 6.57. The standard InChI is InChI=1S/C20H19N9O7S3/c1-2-5-36-25-12(11-8-38-19(22-11)21-9-31)15(32)23-13-16(33)29-14(18(34)35)10(6-37-17(13)29)7-39-20-24-26-27-28(20)3-4-30/h1,8-9,13,17,30H,3-7H2,(H,23,32)(H,34,35)(H,21,22,31)/t13?,17-/m1/s1. The van der Waals surface area contributed by atoms with E-state index in [1.165, 1.54) is 33.6 Å². The molecule has 2 aliphatic heterocycles. The van der Waals surface area contributed by atoms with Gasteiger partial charge in [0.1, 0.15) is 22.8 Å². The number of carbonyl (C=O) groups is 4. The van der Waals surface area contributed by atoms with Gasteiger partial charge in [0, 0.05) is 16.9 Å². The molecule has 0 aromatic carbocycles. The molecular formula is C20H19N9O7S3. The number of thiazole rings is 1. The van der Waals surface area contributed by atoms with E-state index in [1.54, 1.807) is 0 Å². The van der Waals surface area contributed by atoms with Gasteiger partial charge in [0.05, 0.1) is 13.2 Å². The zero-order valence-electron chi connectivity index (χ0n) is 19.7. The van der Waals surface area contributed by atoms with Crippen LogP contribution in [0.5, 0.6) is 0 Å². The van der Waals surface area contributed by atoms with Crippen molar-refractivity contribution in [1.29, 1.82) is 0 Å². The molecule has 3 amide bonds. The number of aliphatic carboxylic acids is 1. The minimum Gasteiger partial charge on any atom is -0.477 e. The van der Waals surface area contributed by atoms with Gasteiger partial charge in [-0.3, -0.25) is 19.3 Å². The van der Waals surface area contributed by atoms with Crippen LogP contribution in [0, 0.1) is 12.3 Å². The van der Waals surface area contributed by atoms with Gasteiger partial charge in [0.2, 0.25) is 11.6 Å². The second kappa shape index (κ2) is 12.7. The average Bonchev–Trinajstić information content (AvgIpc) is 3.57. The number of amides is 3. The van der Waals surface area contributed by atoms with Gasteiger partial charge in [-0.05, 0) is 16.0 Å². The average molecular weight is 594 g/mol. The van der Waals surface area contributed by atoms with Gasteiger partial charge in [0.15, 0.2) is 17.5 Å². The van der Waals surface area contributed by atoms with Crippen molar-refractivity contribution in [3.63, 3.8) is 0 Å². The Morgan fingerprint density at radius 1 is 1.44 bits per heavy atom. The number of nitrogens with one attached hydrogen (secondary N) is 2. The van der Waals surface area contributed by atoms with E-state index in [9.17, 15) is 24.3 Å². The Bertz CT molecular complexity index is 1380. The van der Waals surface area contributed by atoms with Crippen LogP contribution in [-0.4, -0.2) is 106 Å². The maximum absolute atomic E-state index is 13.1. The molecule has 204 valence electrons. The summed E-state index contributed by atoms with van der Waals surface area (Å²) in [5.41, 5.74) is 0.110. The van der Waals surface area contributed by atoms with Gasteiger partial charge in [-0.2, -0.15) is 0 Å². The van der Waals surface area contributed by atoms with E-state index in [2.05, 4.69) is 42.2 Å². The number of terminal acetylenes is 1. The van der Waals surface area contributed by atoms with Crippen LogP contribution in [0.15, 0.2) is 27.0 Å². The number of nitrogens with zero attached hydrogens (tertiary/aromatic N) is 7. The van der Waals surface area contributed by atoms with E-state index in [-0.39, 0.29) is 53.5 Å². The maximum atomic E-state index is 13.1. The number of anilines is 1. The summed E-state index contributed by atoms with van der Waals surface area (Å²) in [6, 6.07) is -1.04. The Labute approximate surface area is 232 Å². The first-order chi connectivity index (χ1) is 18.9. The Balaban J connectivity index is 1.49. The number of carbonyl (C=O) groups excluding carboxylic acids is 3. The number of tetrazole rings is 1. The van der Waals surface area contributed by atoms with Crippen molar-refractivity contribution in [3.05, 3.63) is 22.3 Å². The molecule has 0 bridgehead atoms. The van der Waals surface area contributed by atoms with Gasteiger partial charge in [-0.25, -0.2) is 14.5 Å². The van der Waals surface area contributed by atoms with Crippen molar-refractivity contribution in [1.82, 2.24) is 35.4 Å². The fraction of sp³-hybridized carbons (Fsp3) is 0.350. The molecule has 0 aliphatic carbocycles. The molecule has 1 saturated heterocycles. The summed E-state index contributed by atoms with van der Waals surface area (Å²) in [5.74, 6) is -0.0262. The number of aliphatic hydroxyl groups excluding tert-OH is 1. The Morgan fingerprint density at radius 3 is 2.97 bits per heavy atom. The number of rotatable bonds is 13. The molecular weight excluding hydrogens is 574 g/mol. The summed E-state index contributed by atoms with van der Waals surface area (Å²) in [5, 5.41) is 40.3. The predicted molar refractivity (Wildman–Crippen MR) is 138 cm³/mol. The number of β-lactam (4-membered cyclic amide) rings is 1. The number of oxime groups is 1. The van der Waals surface area contributed by atoms with Crippen LogP contribution >= 0.6 is 34.9 Å². The zero-order valence-corrected chi connectivity index (χ0v) is 22.2. The largest absolute Gasteiger partial charge is 0.477 e. The molecule has 2 aromatic rings. The predicted octanol–water partition coefficient (Wildman–Crippen LogP) is -1.42. The molecule has 4 heterocycles. The molecule has 1 unspecified atom stereocenters. The van der Waals surface area contributed by atoms with Crippen molar-refractivity contribution < 1.29 is 34.2 Å². The SMILES string of the molecule is C#CCON=C(C(=O)NC1C(=O)N2C(C(=O)O)=C(CSc3nnnn3CCO)CS[C@H]12)c1csc(NC=O)n1. The molecule has 16 nitrogen and oxygen atoms in total. The second-order valence-electron chi connectivity index (χ2n) is 7.53. The van der Waals surface area contributed by atoms with Crippen molar-refractivity contribution >= 4 is 69.9 Å². The van der Waals surface area contributed by atoms with Crippen LogP contribution in [0.3, 0.4) is 0 Å². The lowest BCUT2D eigenvalue weighted by molar-refractivity contribution is -0.150. The number of carboxylic acids is 1. The van der Waals surface area contributed by atoms with Crippen molar-refractivity contribution in [2.45, 2.75) is 23.1 Å². The smallest absolute Gasteiger partial charge is 0.352 e. The molecule has 0 spiro atoms. The summed E-state index contributed by atoms with van der Waals surface area (Å²) < 4.78 is 1.39. The van der Waals surface area contributed by atoms with E-state index in [0.29, 0.717) is 17.1 Å². The quantitative estimate of drug-likeness (QED) is 0.0399. The molecule has 2 aliphatic rings. The lowest BCUT2D eigenvalue weighted by Crippen LogP contribution is -2.71. The van der Waals surface area contributed by atoms with Crippen LogP contribution < -0.4 is 10.6 Å². The lowest BCUT2D eigenvalue weighted by atomic mass is 10.0. The highest BCUT2D eigenvalue weighted by atomic mass is 32.2. The molecule has 39 heavy (non-hydrogen) atoms. The molecule has 2 atom stereocenters. The van der Waals surface area contributed by atoms with E-state index in [0.717, 1.165) is 16.2 Å². The van der Waals surface area contributed by atoms with E-state index in [1.807, 2.05) is 0 Å². The highest BCUT2D eigenvalue weighted by Gasteiger charge is 2.54. The van der Waals surface area contributed by atoms with Crippen LogP contribution in [0.25, 0.3) is 0 Å². The Kier molecular flexibility index (Phi) is 9.13. The molecule has 2 aromatic heterocycles.